The van der Waals surface area contributed by atoms with Crippen LogP contribution in [-0.2, 0) is 6.18 Å². The van der Waals surface area contributed by atoms with Gasteiger partial charge in [-0.2, -0.15) is 18.4 Å². The number of carbonyl (C=O) groups excluding carboxylic acids is 1. The fraction of sp³-hybridized carbons (Fsp3) is 0.172. The van der Waals surface area contributed by atoms with Gasteiger partial charge in [-0.3, -0.25) is 4.79 Å². The molecular weight excluding hydrogens is 477 g/mol. The maximum atomic E-state index is 14.0. The van der Waals surface area contributed by atoms with Gasteiger partial charge in [-0.05, 0) is 73.8 Å². The molecule has 1 aromatic heterocycles. The van der Waals surface area contributed by atoms with Crippen molar-refractivity contribution in [3.8, 4) is 34.3 Å². The monoisotopic (exact) mass is 502 g/mol. The zero-order chi connectivity index (χ0) is 26.6. The Bertz CT molecular complexity index is 1430. The maximum absolute atomic E-state index is 14.0. The average molecular weight is 503 g/mol. The zero-order valence-corrected chi connectivity index (χ0v) is 20.4. The molecule has 1 N–H and O–H groups in total. The maximum Gasteiger partial charge on any atom is 0.418 e. The quantitative estimate of drug-likeness (QED) is 0.338. The predicted molar refractivity (Wildman–Crippen MR) is 137 cm³/mol. The highest BCUT2D eigenvalue weighted by Gasteiger charge is 2.34. The van der Waals surface area contributed by atoms with Crippen LogP contribution in [0.5, 0.6) is 0 Å². The van der Waals surface area contributed by atoms with Crippen LogP contribution in [0.3, 0.4) is 0 Å². The lowest BCUT2D eigenvalue weighted by atomic mass is 10.1. The number of amides is 1. The number of rotatable bonds is 7. The topological polar surface area (TPSA) is 61.1 Å². The van der Waals surface area contributed by atoms with E-state index < -0.39 is 11.7 Å². The van der Waals surface area contributed by atoms with Crippen LogP contribution in [0.15, 0.2) is 84.9 Å². The third-order valence-corrected chi connectivity index (χ3v) is 5.93. The summed E-state index contributed by atoms with van der Waals surface area (Å²) in [4.78, 5) is 14.4. The van der Waals surface area contributed by atoms with Crippen LogP contribution >= 0.6 is 0 Å². The summed E-state index contributed by atoms with van der Waals surface area (Å²) in [6.45, 7) is 1.20. The molecule has 0 spiro atoms. The second kappa shape index (κ2) is 10.7. The molecule has 0 saturated heterocycles. The number of likely N-dealkylation sites (N-methyl/N-ethyl adjacent to an activating group) is 1. The van der Waals surface area contributed by atoms with Gasteiger partial charge in [-0.1, -0.05) is 36.4 Å². The number of nitriles is 1. The molecule has 1 heterocycles. The average Bonchev–Trinajstić information content (AvgIpc) is 3.33. The predicted octanol–water partition coefficient (Wildman–Crippen LogP) is 5.99. The van der Waals surface area contributed by atoms with E-state index in [9.17, 15) is 18.0 Å². The number of carbonyl (C=O) groups is 1. The molecule has 1 amide bonds. The fourth-order valence-corrected chi connectivity index (χ4v) is 4.06. The summed E-state index contributed by atoms with van der Waals surface area (Å²) in [6, 6.07) is 24.5. The number of aromatic nitrogens is 1. The van der Waals surface area contributed by atoms with E-state index in [0.717, 1.165) is 6.07 Å². The SMILES string of the molecule is CN(C)CCNC(=O)c1ccc(-c2ccc(-c3ccc(C#N)cc3)n2-c2ccccc2C(F)(F)F)cc1. The molecule has 0 bridgehead atoms. The molecule has 37 heavy (non-hydrogen) atoms. The van der Waals surface area contributed by atoms with Crippen LogP contribution in [0.1, 0.15) is 21.5 Å². The molecule has 0 aliphatic carbocycles. The minimum atomic E-state index is -4.56. The van der Waals surface area contributed by atoms with Crippen LogP contribution in [0, 0.1) is 11.3 Å². The third-order valence-electron chi connectivity index (χ3n) is 5.93. The van der Waals surface area contributed by atoms with Gasteiger partial charge in [0.25, 0.3) is 5.91 Å². The normalized spacial score (nSPS) is 11.4. The third kappa shape index (κ3) is 5.74. The summed E-state index contributed by atoms with van der Waals surface area (Å²) in [7, 11) is 3.83. The number of halogens is 3. The summed E-state index contributed by atoms with van der Waals surface area (Å²) in [6.07, 6.45) is -4.56. The second-order valence-corrected chi connectivity index (χ2v) is 8.78. The van der Waals surface area contributed by atoms with Crippen molar-refractivity contribution >= 4 is 5.91 Å². The number of alkyl halides is 3. The Balaban J connectivity index is 1.80. The molecular formula is C29H25F3N4O. The van der Waals surface area contributed by atoms with E-state index in [4.69, 9.17) is 5.26 Å². The fourth-order valence-electron chi connectivity index (χ4n) is 4.06. The lowest BCUT2D eigenvalue weighted by molar-refractivity contribution is -0.137. The standard InChI is InChI=1S/C29H25F3N4O/c1-35(2)18-17-34-28(37)23-13-11-22(12-14-23)26-16-15-25(21-9-7-20(19-33)8-10-21)36(26)27-6-4-3-5-24(27)29(30,31)32/h3-16H,17-18H2,1-2H3,(H,34,37). The lowest BCUT2D eigenvalue weighted by Crippen LogP contribution is -2.31. The van der Waals surface area contributed by atoms with Gasteiger partial charge >= 0.3 is 6.18 Å². The highest BCUT2D eigenvalue weighted by Crippen LogP contribution is 2.39. The van der Waals surface area contributed by atoms with Crippen molar-refractivity contribution in [2.24, 2.45) is 0 Å². The molecule has 0 atom stereocenters. The minimum absolute atomic E-state index is 0.0140. The van der Waals surface area contributed by atoms with Gasteiger partial charge < -0.3 is 14.8 Å². The molecule has 0 fully saturated rings. The lowest BCUT2D eigenvalue weighted by Gasteiger charge is -2.19. The first-order valence-electron chi connectivity index (χ1n) is 11.6. The molecule has 0 aliphatic rings. The molecule has 3 aromatic carbocycles. The minimum Gasteiger partial charge on any atom is -0.351 e. The van der Waals surface area contributed by atoms with E-state index in [0.29, 0.717) is 46.7 Å². The Kier molecular flexibility index (Phi) is 7.46. The van der Waals surface area contributed by atoms with Crippen molar-refractivity contribution in [2.45, 2.75) is 6.18 Å². The molecule has 0 radical (unpaired) electrons. The molecule has 188 valence electrons. The van der Waals surface area contributed by atoms with Gasteiger partial charge in [0.1, 0.15) is 0 Å². The number of benzene rings is 3. The first-order chi connectivity index (χ1) is 17.7. The Morgan fingerprint density at radius 3 is 2.00 bits per heavy atom. The summed E-state index contributed by atoms with van der Waals surface area (Å²) < 4.78 is 43.6. The number of hydrogen-bond acceptors (Lipinski definition) is 3. The van der Waals surface area contributed by atoms with E-state index >= 15 is 0 Å². The number of nitrogens with zero attached hydrogens (tertiary/aromatic N) is 3. The summed E-state index contributed by atoms with van der Waals surface area (Å²) in [5.41, 5.74) is 2.54. The summed E-state index contributed by atoms with van der Waals surface area (Å²) in [5.74, 6) is -0.218. The van der Waals surface area contributed by atoms with Crippen molar-refractivity contribution in [2.75, 3.05) is 27.2 Å². The highest BCUT2D eigenvalue weighted by molar-refractivity contribution is 5.94. The van der Waals surface area contributed by atoms with Crippen LogP contribution in [0.4, 0.5) is 13.2 Å². The molecule has 0 aliphatic heterocycles. The van der Waals surface area contributed by atoms with Crippen LogP contribution < -0.4 is 5.32 Å². The van der Waals surface area contributed by atoms with Crippen molar-refractivity contribution < 1.29 is 18.0 Å². The van der Waals surface area contributed by atoms with Crippen LogP contribution in [0.25, 0.3) is 28.2 Å². The van der Waals surface area contributed by atoms with Gasteiger partial charge in [0.05, 0.1) is 34.3 Å². The number of nitrogens with one attached hydrogen (secondary N) is 1. The van der Waals surface area contributed by atoms with Crippen LogP contribution in [-0.4, -0.2) is 42.6 Å². The Labute approximate surface area is 213 Å². The van der Waals surface area contributed by atoms with E-state index in [1.54, 1.807) is 71.3 Å². The van der Waals surface area contributed by atoms with Gasteiger partial charge in [0.15, 0.2) is 0 Å². The zero-order valence-electron chi connectivity index (χ0n) is 20.4. The van der Waals surface area contributed by atoms with Gasteiger partial charge in [0.2, 0.25) is 0 Å². The van der Waals surface area contributed by atoms with Crippen LogP contribution in [0.2, 0.25) is 0 Å². The van der Waals surface area contributed by atoms with Crippen molar-refractivity contribution in [1.29, 1.82) is 5.26 Å². The first-order valence-corrected chi connectivity index (χ1v) is 11.6. The van der Waals surface area contributed by atoms with E-state index in [-0.39, 0.29) is 11.6 Å². The summed E-state index contributed by atoms with van der Waals surface area (Å²) >= 11 is 0. The van der Waals surface area contributed by atoms with E-state index in [1.807, 2.05) is 19.0 Å². The van der Waals surface area contributed by atoms with Crippen molar-refractivity contribution in [1.82, 2.24) is 14.8 Å². The molecule has 4 rings (SSSR count). The van der Waals surface area contributed by atoms with E-state index in [1.165, 1.54) is 12.1 Å². The molecule has 8 heteroatoms. The van der Waals surface area contributed by atoms with E-state index in [2.05, 4.69) is 11.4 Å². The molecule has 0 saturated carbocycles. The highest BCUT2D eigenvalue weighted by atomic mass is 19.4. The largest absolute Gasteiger partial charge is 0.418 e. The second-order valence-electron chi connectivity index (χ2n) is 8.78. The van der Waals surface area contributed by atoms with Gasteiger partial charge in [0, 0.05) is 18.7 Å². The molecule has 0 unspecified atom stereocenters. The van der Waals surface area contributed by atoms with Gasteiger partial charge in [-0.15, -0.1) is 0 Å². The Hall–Kier alpha value is -4.35. The molecule has 4 aromatic rings. The number of para-hydroxylation sites is 1. The van der Waals surface area contributed by atoms with Crippen molar-refractivity contribution in [3.05, 3.63) is 102 Å². The van der Waals surface area contributed by atoms with Gasteiger partial charge in [-0.25, -0.2) is 0 Å². The smallest absolute Gasteiger partial charge is 0.351 e. The number of hydrogen-bond donors (Lipinski definition) is 1. The summed E-state index contributed by atoms with van der Waals surface area (Å²) in [5, 5.41) is 12.0. The first kappa shape index (κ1) is 25.7. The molecule has 5 nitrogen and oxygen atoms in total. The Morgan fingerprint density at radius 1 is 0.892 bits per heavy atom. The Morgan fingerprint density at radius 2 is 1.46 bits per heavy atom. The van der Waals surface area contributed by atoms with Crippen molar-refractivity contribution in [3.63, 3.8) is 0 Å².